The second-order valence-corrected chi connectivity index (χ2v) is 8.24. The van der Waals surface area contributed by atoms with E-state index in [1.807, 2.05) is 18.2 Å². The molecule has 2 atom stereocenters. The average molecular weight is 360 g/mol. The second-order valence-electron chi connectivity index (χ2n) is 6.25. The SMILES string of the molecule is O=C(OCc1ccccc1)S(=O)(=O)C1C[C@H](CO)Cc2ccccc21. The number of rotatable bonds is 4. The van der Waals surface area contributed by atoms with E-state index in [0.29, 0.717) is 12.0 Å². The number of fused-ring (bicyclic) bond motifs is 1. The van der Waals surface area contributed by atoms with Crippen LogP contribution in [0.1, 0.15) is 28.4 Å². The number of sulfone groups is 1. The topological polar surface area (TPSA) is 80.7 Å². The number of carbonyl (C=O) groups is 1. The van der Waals surface area contributed by atoms with Gasteiger partial charge in [-0.2, -0.15) is 0 Å². The third-order valence-electron chi connectivity index (χ3n) is 4.52. The zero-order valence-electron chi connectivity index (χ0n) is 13.7. The molecule has 0 saturated heterocycles. The van der Waals surface area contributed by atoms with E-state index in [9.17, 15) is 18.3 Å². The van der Waals surface area contributed by atoms with Gasteiger partial charge in [-0.05, 0) is 35.4 Å². The molecule has 0 amide bonds. The van der Waals surface area contributed by atoms with E-state index in [1.165, 1.54) is 0 Å². The average Bonchev–Trinajstić information content (AvgIpc) is 2.65. The van der Waals surface area contributed by atoms with Gasteiger partial charge in [0.2, 0.25) is 0 Å². The molecule has 5 nitrogen and oxygen atoms in total. The van der Waals surface area contributed by atoms with Gasteiger partial charge in [-0.15, -0.1) is 0 Å². The fourth-order valence-corrected chi connectivity index (χ4v) is 4.75. The first-order chi connectivity index (χ1) is 12.0. The van der Waals surface area contributed by atoms with Crippen LogP contribution < -0.4 is 0 Å². The smallest absolute Gasteiger partial charge is 0.425 e. The molecule has 1 aliphatic carbocycles. The van der Waals surface area contributed by atoms with Gasteiger partial charge in [-0.1, -0.05) is 54.6 Å². The van der Waals surface area contributed by atoms with Gasteiger partial charge >= 0.3 is 5.30 Å². The lowest BCUT2D eigenvalue weighted by Crippen LogP contribution is -2.30. The molecule has 0 heterocycles. The van der Waals surface area contributed by atoms with Gasteiger partial charge < -0.3 is 9.84 Å². The molecule has 0 saturated carbocycles. The van der Waals surface area contributed by atoms with Crippen molar-refractivity contribution >= 4 is 15.1 Å². The van der Waals surface area contributed by atoms with E-state index in [4.69, 9.17) is 4.74 Å². The Morgan fingerprint density at radius 1 is 1.08 bits per heavy atom. The molecule has 6 heteroatoms. The molecule has 0 spiro atoms. The Kier molecular flexibility index (Phi) is 5.20. The normalized spacial score (nSPS) is 19.9. The van der Waals surface area contributed by atoms with Gasteiger partial charge in [0.25, 0.3) is 9.84 Å². The second kappa shape index (κ2) is 7.37. The number of aliphatic hydroxyl groups is 1. The van der Waals surface area contributed by atoms with Gasteiger partial charge in [-0.3, -0.25) is 0 Å². The lowest BCUT2D eigenvalue weighted by Gasteiger charge is -2.29. The van der Waals surface area contributed by atoms with E-state index in [0.717, 1.165) is 11.1 Å². The molecular formula is C19H20O5S. The number of aliphatic hydroxyl groups excluding tert-OH is 1. The van der Waals surface area contributed by atoms with Crippen LogP contribution in [0.2, 0.25) is 0 Å². The highest BCUT2D eigenvalue weighted by Crippen LogP contribution is 2.39. The van der Waals surface area contributed by atoms with E-state index in [-0.39, 0.29) is 25.6 Å². The van der Waals surface area contributed by atoms with Crippen molar-refractivity contribution in [2.75, 3.05) is 6.61 Å². The van der Waals surface area contributed by atoms with Gasteiger partial charge in [0.1, 0.15) is 6.61 Å². The van der Waals surface area contributed by atoms with Gasteiger partial charge in [0.15, 0.2) is 0 Å². The summed E-state index contributed by atoms with van der Waals surface area (Å²) in [5.41, 5.74) is 2.21. The van der Waals surface area contributed by atoms with Crippen LogP contribution in [0.3, 0.4) is 0 Å². The monoisotopic (exact) mass is 360 g/mol. The van der Waals surface area contributed by atoms with Crippen LogP contribution in [0.5, 0.6) is 0 Å². The summed E-state index contributed by atoms with van der Waals surface area (Å²) in [4.78, 5) is 12.3. The zero-order chi connectivity index (χ0) is 17.9. The summed E-state index contributed by atoms with van der Waals surface area (Å²) in [5, 5.41) is 7.29. The summed E-state index contributed by atoms with van der Waals surface area (Å²) in [6, 6.07) is 16.1. The Balaban J connectivity index is 1.82. The van der Waals surface area contributed by atoms with Crippen molar-refractivity contribution in [3.05, 3.63) is 71.3 Å². The largest absolute Gasteiger partial charge is 0.449 e. The highest BCUT2D eigenvalue weighted by Gasteiger charge is 2.40. The molecule has 3 rings (SSSR count). The number of hydrogen-bond donors (Lipinski definition) is 1. The van der Waals surface area contributed by atoms with Crippen molar-refractivity contribution in [3.63, 3.8) is 0 Å². The molecule has 132 valence electrons. The summed E-state index contributed by atoms with van der Waals surface area (Å²) >= 11 is 0. The minimum atomic E-state index is -4.16. The van der Waals surface area contributed by atoms with Crippen LogP contribution in [-0.4, -0.2) is 25.4 Å². The molecule has 2 aromatic carbocycles. The summed E-state index contributed by atoms with van der Waals surface area (Å²) in [7, 11) is -4.16. The quantitative estimate of drug-likeness (QED) is 0.848. The van der Waals surface area contributed by atoms with Gasteiger partial charge in [-0.25, -0.2) is 13.2 Å². The van der Waals surface area contributed by atoms with Crippen LogP contribution in [-0.2, 0) is 27.6 Å². The van der Waals surface area contributed by atoms with Crippen molar-refractivity contribution < 1.29 is 23.1 Å². The molecular weight excluding hydrogens is 340 g/mol. The minimum absolute atomic E-state index is 0.0866. The van der Waals surface area contributed by atoms with Crippen LogP contribution in [0.15, 0.2) is 54.6 Å². The standard InChI is InChI=1S/C19H20O5S/c20-12-15-10-16-8-4-5-9-17(16)18(11-15)25(22,23)19(21)24-13-14-6-2-1-3-7-14/h1-9,15,18,20H,10-13H2/t15-,18?/m1/s1. The van der Waals surface area contributed by atoms with Crippen molar-refractivity contribution in [1.82, 2.24) is 0 Å². The molecule has 1 unspecified atom stereocenters. The summed E-state index contributed by atoms with van der Waals surface area (Å²) in [5.74, 6) is -0.184. The lowest BCUT2D eigenvalue weighted by molar-refractivity contribution is 0.164. The first kappa shape index (κ1) is 17.6. The van der Waals surface area contributed by atoms with Crippen molar-refractivity contribution in [1.29, 1.82) is 0 Å². The lowest BCUT2D eigenvalue weighted by atomic mass is 9.84. The van der Waals surface area contributed by atoms with E-state index in [2.05, 4.69) is 0 Å². The highest BCUT2D eigenvalue weighted by molar-refractivity contribution is 8.05. The number of carbonyl (C=O) groups excluding carboxylic acids is 1. The van der Waals surface area contributed by atoms with E-state index >= 15 is 0 Å². The summed E-state index contributed by atoms with van der Waals surface area (Å²) in [6.45, 7) is -0.198. The molecule has 1 aliphatic rings. The van der Waals surface area contributed by atoms with Gasteiger partial charge in [0.05, 0.1) is 5.25 Å². The summed E-state index contributed by atoms with van der Waals surface area (Å²) < 4.78 is 30.6. The molecule has 0 radical (unpaired) electrons. The molecule has 1 N–H and O–H groups in total. The Hall–Kier alpha value is -2.18. The van der Waals surface area contributed by atoms with E-state index in [1.54, 1.807) is 36.4 Å². The maximum atomic E-state index is 12.8. The molecule has 0 bridgehead atoms. The molecule has 25 heavy (non-hydrogen) atoms. The maximum absolute atomic E-state index is 12.8. The van der Waals surface area contributed by atoms with Crippen molar-refractivity contribution in [2.24, 2.45) is 5.92 Å². The van der Waals surface area contributed by atoms with Crippen LogP contribution >= 0.6 is 0 Å². The van der Waals surface area contributed by atoms with E-state index < -0.39 is 20.4 Å². The third-order valence-corrected chi connectivity index (χ3v) is 6.30. The predicted molar refractivity (Wildman–Crippen MR) is 93.6 cm³/mol. The zero-order valence-corrected chi connectivity index (χ0v) is 14.5. The third kappa shape index (κ3) is 3.75. The predicted octanol–water partition coefficient (Wildman–Crippen LogP) is 3.03. The Morgan fingerprint density at radius 3 is 2.48 bits per heavy atom. The van der Waals surface area contributed by atoms with Crippen molar-refractivity contribution in [2.45, 2.75) is 24.7 Å². The Labute approximate surface area is 147 Å². The Bertz CT molecular complexity index is 845. The highest BCUT2D eigenvalue weighted by atomic mass is 32.2. The first-order valence-electron chi connectivity index (χ1n) is 8.15. The van der Waals surface area contributed by atoms with Gasteiger partial charge in [0, 0.05) is 6.61 Å². The molecule has 0 aromatic heterocycles. The fraction of sp³-hybridized carbons (Fsp3) is 0.316. The number of ether oxygens (including phenoxy) is 1. The number of hydrogen-bond acceptors (Lipinski definition) is 5. The number of benzene rings is 2. The first-order valence-corrected chi connectivity index (χ1v) is 9.70. The maximum Gasteiger partial charge on any atom is 0.425 e. The molecule has 2 aromatic rings. The fourth-order valence-electron chi connectivity index (χ4n) is 3.21. The van der Waals surface area contributed by atoms with Crippen molar-refractivity contribution in [3.8, 4) is 0 Å². The van der Waals surface area contributed by atoms with Crippen LogP contribution in [0, 0.1) is 5.92 Å². The van der Waals surface area contributed by atoms with Crippen LogP contribution in [0.25, 0.3) is 0 Å². The summed E-state index contributed by atoms with van der Waals surface area (Å²) in [6.07, 6.45) is 0.827. The Morgan fingerprint density at radius 2 is 1.76 bits per heavy atom. The van der Waals surface area contributed by atoms with Crippen LogP contribution in [0.4, 0.5) is 4.79 Å². The molecule has 0 aliphatic heterocycles. The molecule has 0 fully saturated rings. The minimum Gasteiger partial charge on any atom is -0.449 e.